The van der Waals surface area contributed by atoms with Gasteiger partial charge >= 0.3 is 0 Å². The number of methoxy groups -OCH3 is 1. The van der Waals surface area contributed by atoms with Gasteiger partial charge in [-0.15, -0.1) is 0 Å². The molecule has 2 rings (SSSR count). The molecule has 0 radical (unpaired) electrons. The molecule has 5 nitrogen and oxygen atoms in total. The molecular formula is C16H24N4O. The highest BCUT2D eigenvalue weighted by Crippen LogP contribution is 2.24. The standard InChI is InChI=1S/C16H24N4O/c1-11(10-21-4)19-16(17)18-9-15-12(2)13-7-5-6-8-14(13)20(15)3/h5-8,11H,9-10H2,1-4H3,(H3,17,18,19). The number of nitrogens with one attached hydrogen (secondary N) is 1. The Balaban J connectivity index is 2.16. The van der Waals surface area contributed by atoms with Crippen molar-refractivity contribution in [2.45, 2.75) is 26.4 Å². The zero-order chi connectivity index (χ0) is 15.4. The summed E-state index contributed by atoms with van der Waals surface area (Å²) in [6.45, 7) is 5.30. The van der Waals surface area contributed by atoms with Crippen LogP contribution >= 0.6 is 0 Å². The summed E-state index contributed by atoms with van der Waals surface area (Å²) in [6.07, 6.45) is 0. The minimum Gasteiger partial charge on any atom is -0.383 e. The third kappa shape index (κ3) is 3.36. The summed E-state index contributed by atoms with van der Waals surface area (Å²) in [7, 11) is 3.74. The van der Waals surface area contributed by atoms with Gasteiger partial charge in [-0.25, -0.2) is 4.99 Å². The first-order valence-electron chi connectivity index (χ1n) is 7.13. The summed E-state index contributed by atoms with van der Waals surface area (Å²) in [6, 6.07) is 8.52. The molecule has 0 bridgehead atoms. The molecule has 2 aromatic rings. The second-order valence-corrected chi connectivity index (χ2v) is 5.35. The van der Waals surface area contributed by atoms with Crippen LogP contribution < -0.4 is 11.1 Å². The Hall–Kier alpha value is -2.01. The van der Waals surface area contributed by atoms with E-state index < -0.39 is 0 Å². The van der Waals surface area contributed by atoms with Gasteiger partial charge < -0.3 is 20.4 Å². The number of ether oxygens (including phenoxy) is 1. The van der Waals surface area contributed by atoms with Gasteiger partial charge in [-0.05, 0) is 25.5 Å². The first kappa shape index (κ1) is 15.4. The van der Waals surface area contributed by atoms with Crippen LogP contribution in [0.4, 0.5) is 0 Å². The number of nitrogens with two attached hydrogens (primary N) is 1. The summed E-state index contributed by atoms with van der Waals surface area (Å²) < 4.78 is 7.25. The van der Waals surface area contributed by atoms with Crippen LogP contribution in [0.5, 0.6) is 0 Å². The van der Waals surface area contributed by atoms with Gasteiger partial charge in [0.1, 0.15) is 0 Å². The van der Waals surface area contributed by atoms with Gasteiger partial charge in [-0.2, -0.15) is 0 Å². The fourth-order valence-electron chi connectivity index (χ4n) is 2.61. The molecule has 1 aromatic carbocycles. The number of aryl methyl sites for hydroxylation is 2. The number of aliphatic imine (C=N–C) groups is 1. The molecule has 1 unspecified atom stereocenters. The van der Waals surface area contributed by atoms with E-state index in [0.29, 0.717) is 19.1 Å². The molecule has 0 aliphatic heterocycles. The zero-order valence-corrected chi connectivity index (χ0v) is 13.2. The van der Waals surface area contributed by atoms with Crippen LogP contribution in [0.2, 0.25) is 0 Å². The molecule has 0 fully saturated rings. The van der Waals surface area contributed by atoms with E-state index in [-0.39, 0.29) is 6.04 Å². The molecule has 0 aliphatic carbocycles. The lowest BCUT2D eigenvalue weighted by atomic mass is 10.1. The topological polar surface area (TPSA) is 64.6 Å². The lowest BCUT2D eigenvalue weighted by Crippen LogP contribution is -2.40. The number of fused-ring (bicyclic) bond motifs is 1. The van der Waals surface area contributed by atoms with Crippen molar-refractivity contribution in [3.05, 3.63) is 35.5 Å². The molecule has 0 saturated carbocycles. The number of hydrogen-bond donors (Lipinski definition) is 2. The predicted molar refractivity (Wildman–Crippen MR) is 87.5 cm³/mol. The maximum Gasteiger partial charge on any atom is 0.189 e. The van der Waals surface area contributed by atoms with Crippen LogP contribution in [-0.2, 0) is 18.3 Å². The van der Waals surface area contributed by atoms with E-state index in [1.807, 2.05) is 6.92 Å². The Labute approximate surface area is 125 Å². The Morgan fingerprint density at radius 2 is 2.14 bits per heavy atom. The second kappa shape index (κ2) is 6.63. The predicted octanol–water partition coefficient (Wildman–Crippen LogP) is 1.93. The van der Waals surface area contributed by atoms with Crippen molar-refractivity contribution in [1.29, 1.82) is 0 Å². The first-order valence-corrected chi connectivity index (χ1v) is 7.13. The zero-order valence-electron chi connectivity index (χ0n) is 13.2. The third-order valence-corrected chi connectivity index (χ3v) is 3.72. The molecule has 0 aliphatic rings. The minimum atomic E-state index is 0.146. The average Bonchev–Trinajstić information content (AvgIpc) is 2.70. The summed E-state index contributed by atoms with van der Waals surface area (Å²) in [5.74, 6) is 0.448. The quantitative estimate of drug-likeness (QED) is 0.652. The van der Waals surface area contributed by atoms with Crippen LogP contribution in [0.25, 0.3) is 10.9 Å². The summed E-state index contributed by atoms with van der Waals surface area (Å²) in [5.41, 5.74) is 9.58. The number of aromatic nitrogens is 1. The Bertz CT molecular complexity index is 606. The largest absolute Gasteiger partial charge is 0.383 e. The van der Waals surface area contributed by atoms with E-state index in [2.05, 4.69) is 53.1 Å². The second-order valence-electron chi connectivity index (χ2n) is 5.35. The van der Waals surface area contributed by atoms with Gasteiger partial charge in [0.15, 0.2) is 5.96 Å². The normalized spacial score (nSPS) is 13.6. The third-order valence-electron chi connectivity index (χ3n) is 3.72. The smallest absolute Gasteiger partial charge is 0.189 e. The number of rotatable bonds is 5. The highest BCUT2D eigenvalue weighted by Gasteiger charge is 2.10. The summed E-state index contributed by atoms with van der Waals surface area (Å²) in [4.78, 5) is 4.44. The van der Waals surface area contributed by atoms with Gasteiger partial charge in [0, 0.05) is 36.8 Å². The summed E-state index contributed by atoms with van der Waals surface area (Å²) >= 11 is 0. The average molecular weight is 288 g/mol. The van der Waals surface area contributed by atoms with Gasteiger partial charge in [0.05, 0.1) is 13.2 Å². The lowest BCUT2D eigenvalue weighted by Gasteiger charge is -2.13. The Morgan fingerprint density at radius 3 is 2.81 bits per heavy atom. The molecule has 1 heterocycles. The molecular weight excluding hydrogens is 264 g/mol. The maximum absolute atomic E-state index is 5.92. The van der Waals surface area contributed by atoms with Gasteiger partial charge in [-0.3, -0.25) is 0 Å². The maximum atomic E-state index is 5.92. The van der Waals surface area contributed by atoms with Crippen LogP contribution in [0.15, 0.2) is 29.3 Å². The van der Waals surface area contributed by atoms with E-state index in [9.17, 15) is 0 Å². The lowest BCUT2D eigenvalue weighted by molar-refractivity contribution is 0.179. The van der Waals surface area contributed by atoms with E-state index in [4.69, 9.17) is 10.5 Å². The van der Waals surface area contributed by atoms with Crippen molar-refractivity contribution in [2.24, 2.45) is 17.8 Å². The van der Waals surface area contributed by atoms with Crippen molar-refractivity contribution in [3.8, 4) is 0 Å². The molecule has 3 N–H and O–H groups in total. The van der Waals surface area contributed by atoms with Gasteiger partial charge in [-0.1, -0.05) is 18.2 Å². The fraction of sp³-hybridized carbons (Fsp3) is 0.438. The number of guanidine groups is 1. The van der Waals surface area contributed by atoms with Crippen molar-refractivity contribution in [3.63, 3.8) is 0 Å². The highest BCUT2D eigenvalue weighted by molar-refractivity contribution is 5.85. The molecule has 0 spiro atoms. The van der Waals surface area contributed by atoms with Crippen molar-refractivity contribution in [2.75, 3.05) is 13.7 Å². The van der Waals surface area contributed by atoms with Crippen molar-refractivity contribution < 1.29 is 4.74 Å². The Morgan fingerprint density at radius 1 is 1.43 bits per heavy atom. The molecule has 114 valence electrons. The molecule has 5 heteroatoms. The first-order chi connectivity index (χ1) is 10.0. The van der Waals surface area contributed by atoms with Crippen LogP contribution in [-0.4, -0.2) is 30.3 Å². The molecule has 0 amide bonds. The van der Waals surface area contributed by atoms with Crippen LogP contribution in [0, 0.1) is 6.92 Å². The van der Waals surface area contributed by atoms with Crippen molar-refractivity contribution >= 4 is 16.9 Å². The Kier molecular flexibility index (Phi) is 4.85. The van der Waals surface area contributed by atoms with Crippen molar-refractivity contribution in [1.82, 2.24) is 9.88 Å². The van der Waals surface area contributed by atoms with E-state index in [0.717, 1.165) is 0 Å². The molecule has 0 saturated heterocycles. The number of hydrogen-bond acceptors (Lipinski definition) is 2. The molecule has 21 heavy (non-hydrogen) atoms. The molecule has 1 aromatic heterocycles. The number of para-hydroxylation sites is 1. The van der Waals surface area contributed by atoms with E-state index in [1.165, 1.54) is 22.2 Å². The molecule has 1 atom stereocenters. The van der Waals surface area contributed by atoms with Crippen LogP contribution in [0.3, 0.4) is 0 Å². The monoisotopic (exact) mass is 288 g/mol. The van der Waals surface area contributed by atoms with Gasteiger partial charge in [0.2, 0.25) is 0 Å². The van der Waals surface area contributed by atoms with E-state index in [1.54, 1.807) is 7.11 Å². The number of nitrogens with zero attached hydrogens (tertiary/aromatic N) is 2. The highest BCUT2D eigenvalue weighted by atomic mass is 16.5. The minimum absolute atomic E-state index is 0.146. The number of benzene rings is 1. The fourth-order valence-corrected chi connectivity index (χ4v) is 2.61. The SMILES string of the molecule is COCC(C)NC(N)=NCc1c(C)c2ccccc2n1C. The van der Waals surface area contributed by atoms with E-state index >= 15 is 0 Å². The van der Waals surface area contributed by atoms with Gasteiger partial charge in [0.25, 0.3) is 0 Å². The summed E-state index contributed by atoms with van der Waals surface area (Å²) in [5, 5.41) is 4.39. The van der Waals surface area contributed by atoms with Crippen LogP contribution in [0.1, 0.15) is 18.2 Å².